The van der Waals surface area contributed by atoms with Crippen molar-refractivity contribution in [1.29, 1.82) is 0 Å². The smallest absolute Gasteiger partial charge is 0.313 e. The van der Waals surface area contributed by atoms with Crippen LogP contribution in [0.1, 0.15) is 18.4 Å². The van der Waals surface area contributed by atoms with Gasteiger partial charge in [-0.3, -0.25) is 4.79 Å². The summed E-state index contributed by atoms with van der Waals surface area (Å²) in [6.45, 7) is 2.19. The topological polar surface area (TPSA) is 59.7 Å². The second-order valence-corrected chi connectivity index (χ2v) is 2.82. The molecule has 1 aromatic rings. The average Bonchev–Trinajstić information content (AvgIpc) is 2.53. The van der Waals surface area contributed by atoms with Crippen molar-refractivity contribution in [3.63, 3.8) is 0 Å². The Morgan fingerprint density at radius 3 is 2.86 bits per heavy atom. The third-order valence-electron chi connectivity index (χ3n) is 1.70. The first-order valence-corrected chi connectivity index (χ1v) is 4.60. The van der Waals surface area contributed by atoms with E-state index in [1.165, 1.54) is 0 Å². The maximum absolute atomic E-state index is 11.0. The zero-order valence-electron chi connectivity index (χ0n) is 8.16. The van der Waals surface area contributed by atoms with Crippen LogP contribution in [-0.2, 0) is 22.4 Å². The molecule has 0 fully saturated rings. The van der Waals surface area contributed by atoms with Crippen LogP contribution in [-0.4, -0.2) is 24.3 Å². The number of carbonyl (C=O) groups is 1. The van der Waals surface area contributed by atoms with Gasteiger partial charge in [0.1, 0.15) is 17.9 Å². The Balaban J connectivity index is 2.46. The number of aliphatic hydroxyl groups excluding tert-OH is 1. The summed E-state index contributed by atoms with van der Waals surface area (Å²) in [5.74, 6) is 0.969. The minimum atomic E-state index is -0.294. The zero-order chi connectivity index (χ0) is 10.4. The molecule has 0 aromatic carbocycles. The maximum atomic E-state index is 11.0. The molecule has 0 aliphatic carbocycles. The van der Waals surface area contributed by atoms with E-state index in [-0.39, 0.29) is 19.0 Å². The Kier molecular flexibility index (Phi) is 4.19. The highest BCUT2D eigenvalue weighted by atomic mass is 16.5. The molecule has 0 radical (unpaired) electrons. The molecule has 1 aromatic heterocycles. The molecule has 0 aliphatic heterocycles. The number of ether oxygens (including phenoxy) is 1. The molecule has 14 heavy (non-hydrogen) atoms. The summed E-state index contributed by atoms with van der Waals surface area (Å²) >= 11 is 0. The highest BCUT2D eigenvalue weighted by molar-refractivity contribution is 5.71. The summed E-state index contributed by atoms with van der Waals surface area (Å²) < 4.78 is 10.0. The minimum absolute atomic E-state index is 0.0480. The Morgan fingerprint density at radius 2 is 2.21 bits per heavy atom. The largest absolute Gasteiger partial charge is 0.466 e. The van der Waals surface area contributed by atoms with Crippen molar-refractivity contribution in [2.45, 2.75) is 19.8 Å². The Labute approximate surface area is 82.5 Å². The first-order valence-electron chi connectivity index (χ1n) is 4.60. The van der Waals surface area contributed by atoms with Crippen LogP contribution in [0.5, 0.6) is 0 Å². The molecule has 0 unspecified atom stereocenters. The van der Waals surface area contributed by atoms with Crippen molar-refractivity contribution >= 4 is 5.97 Å². The van der Waals surface area contributed by atoms with Gasteiger partial charge in [0.2, 0.25) is 0 Å². The Bertz CT molecular complexity index is 290. The summed E-state index contributed by atoms with van der Waals surface area (Å²) in [5, 5.41) is 8.64. The summed E-state index contributed by atoms with van der Waals surface area (Å²) in [5.41, 5.74) is 0. The monoisotopic (exact) mass is 198 g/mol. The minimum Gasteiger partial charge on any atom is -0.466 e. The van der Waals surface area contributed by atoms with Gasteiger partial charge in [-0.25, -0.2) is 0 Å². The molecular formula is C10H14O4. The Morgan fingerprint density at radius 1 is 1.50 bits per heavy atom. The van der Waals surface area contributed by atoms with Crippen LogP contribution >= 0.6 is 0 Å². The van der Waals surface area contributed by atoms with Crippen molar-refractivity contribution < 1.29 is 19.1 Å². The molecule has 78 valence electrons. The number of hydrogen-bond donors (Lipinski definition) is 1. The van der Waals surface area contributed by atoms with E-state index in [4.69, 9.17) is 14.3 Å². The molecule has 0 spiro atoms. The van der Waals surface area contributed by atoms with Crippen LogP contribution in [0.2, 0.25) is 0 Å². The van der Waals surface area contributed by atoms with E-state index in [1.54, 1.807) is 19.1 Å². The maximum Gasteiger partial charge on any atom is 0.313 e. The molecule has 0 saturated heterocycles. The lowest BCUT2D eigenvalue weighted by Crippen LogP contribution is -2.06. The molecule has 0 saturated carbocycles. The van der Waals surface area contributed by atoms with E-state index < -0.39 is 0 Å². The second-order valence-electron chi connectivity index (χ2n) is 2.82. The number of esters is 1. The van der Waals surface area contributed by atoms with Crippen molar-refractivity contribution in [3.05, 3.63) is 23.7 Å². The summed E-state index contributed by atoms with van der Waals surface area (Å²) in [7, 11) is 0. The molecule has 1 rings (SSSR count). The van der Waals surface area contributed by atoms with Gasteiger partial charge in [0.05, 0.1) is 13.2 Å². The average molecular weight is 198 g/mol. The molecule has 0 amide bonds. The standard InChI is InChI=1S/C10H14O4/c1-2-13-10(12)7-9-4-3-8(14-9)5-6-11/h3-4,11H,2,5-7H2,1H3. The predicted octanol–water partition coefficient (Wildman–Crippen LogP) is 0.920. The lowest BCUT2D eigenvalue weighted by molar-refractivity contribution is -0.142. The van der Waals surface area contributed by atoms with E-state index in [0.717, 1.165) is 0 Å². The summed E-state index contributed by atoms with van der Waals surface area (Å²) in [4.78, 5) is 11.0. The van der Waals surface area contributed by atoms with Crippen LogP contribution in [0.25, 0.3) is 0 Å². The normalized spacial score (nSPS) is 10.1. The van der Waals surface area contributed by atoms with E-state index in [2.05, 4.69) is 0 Å². The van der Waals surface area contributed by atoms with Crippen molar-refractivity contribution in [3.8, 4) is 0 Å². The molecule has 0 aliphatic rings. The fourth-order valence-electron chi connectivity index (χ4n) is 1.12. The molecule has 4 heteroatoms. The number of carbonyl (C=O) groups excluding carboxylic acids is 1. The summed E-state index contributed by atoms with van der Waals surface area (Å²) in [6.07, 6.45) is 0.627. The summed E-state index contributed by atoms with van der Waals surface area (Å²) in [6, 6.07) is 3.48. The predicted molar refractivity (Wildman–Crippen MR) is 49.8 cm³/mol. The van der Waals surface area contributed by atoms with E-state index in [1.807, 2.05) is 0 Å². The zero-order valence-corrected chi connectivity index (χ0v) is 8.16. The quantitative estimate of drug-likeness (QED) is 0.715. The highest BCUT2D eigenvalue weighted by Crippen LogP contribution is 2.09. The number of hydrogen-bond acceptors (Lipinski definition) is 4. The molecular weight excluding hydrogens is 184 g/mol. The number of furan rings is 1. The van der Waals surface area contributed by atoms with Crippen LogP contribution in [0.15, 0.2) is 16.5 Å². The highest BCUT2D eigenvalue weighted by Gasteiger charge is 2.07. The second kappa shape index (κ2) is 5.44. The lowest BCUT2D eigenvalue weighted by Gasteiger charge is -1.98. The van der Waals surface area contributed by atoms with Crippen molar-refractivity contribution in [1.82, 2.24) is 0 Å². The van der Waals surface area contributed by atoms with E-state index in [0.29, 0.717) is 24.5 Å². The Hall–Kier alpha value is -1.29. The van der Waals surface area contributed by atoms with Crippen LogP contribution in [0, 0.1) is 0 Å². The van der Waals surface area contributed by atoms with Crippen LogP contribution in [0.3, 0.4) is 0 Å². The number of rotatable bonds is 5. The van der Waals surface area contributed by atoms with Crippen molar-refractivity contribution in [2.75, 3.05) is 13.2 Å². The van der Waals surface area contributed by atoms with Crippen LogP contribution < -0.4 is 0 Å². The van der Waals surface area contributed by atoms with Gasteiger partial charge in [-0.15, -0.1) is 0 Å². The first-order chi connectivity index (χ1) is 6.76. The lowest BCUT2D eigenvalue weighted by atomic mass is 10.3. The van der Waals surface area contributed by atoms with Gasteiger partial charge in [-0.05, 0) is 19.1 Å². The van der Waals surface area contributed by atoms with Gasteiger partial charge < -0.3 is 14.3 Å². The molecule has 0 bridgehead atoms. The third kappa shape index (κ3) is 3.22. The van der Waals surface area contributed by atoms with Gasteiger partial charge in [-0.2, -0.15) is 0 Å². The molecule has 1 heterocycles. The van der Waals surface area contributed by atoms with Crippen LogP contribution in [0.4, 0.5) is 0 Å². The van der Waals surface area contributed by atoms with Gasteiger partial charge in [0.15, 0.2) is 0 Å². The van der Waals surface area contributed by atoms with Gasteiger partial charge in [0, 0.05) is 6.42 Å². The first kappa shape index (κ1) is 10.8. The van der Waals surface area contributed by atoms with E-state index in [9.17, 15) is 4.79 Å². The van der Waals surface area contributed by atoms with Gasteiger partial charge in [0.25, 0.3) is 0 Å². The SMILES string of the molecule is CCOC(=O)Cc1ccc(CCO)o1. The fourth-order valence-corrected chi connectivity index (χ4v) is 1.12. The molecule has 4 nitrogen and oxygen atoms in total. The molecule has 1 N–H and O–H groups in total. The van der Waals surface area contributed by atoms with Gasteiger partial charge >= 0.3 is 5.97 Å². The third-order valence-corrected chi connectivity index (χ3v) is 1.70. The van der Waals surface area contributed by atoms with Gasteiger partial charge in [-0.1, -0.05) is 0 Å². The van der Waals surface area contributed by atoms with E-state index >= 15 is 0 Å². The van der Waals surface area contributed by atoms with Crippen molar-refractivity contribution in [2.24, 2.45) is 0 Å². The molecule has 0 atom stereocenters. The number of aliphatic hydroxyl groups is 1. The fraction of sp³-hybridized carbons (Fsp3) is 0.500.